The molecule has 1 heterocycles. The van der Waals surface area contributed by atoms with Crippen molar-refractivity contribution in [1.82, 2.24) is 0 Å². The maximum atomic E-state index is 13.7. The Morgan fingerprint density at radius 1 is 0.976 bits per heavy atom. The van der Waals surface area contributed by atoms with Crippen LogP contribution in [0.15, 0.2) is 94.8 Å². The minimum Gasteiger partial charge on any atom is -0.493 e. The summed E-state index contributed by atoms with van der Waals surface area (Å²) in [5.41, 5.74) is 5.59. The van der Waals surface area contributed by atoms with Gasteiger partial charge in [-0.2, -0.15) is 0 Å². The van der Waals surface area contributed by atoms with Crippen molar-refractivity contribution in [2.24, 2.45) is 4.99 Å². The van der Waals surface area contributed by atoms with Crippen molar-refractivity contribution in [2.45, 2.75) is 20.5 Å². The van der Waals surface area contributed by atoms with E-state index in [-0.39, 0.29) is 18.1 Å². The van der Waals surface area contributed by atoms with Gasteiger partial charge in [-0.25, -0.2) is 9.79 Å². The molecule has 1 saturated heterocycles. The fraction of sp³-hybridized carbons (Fsp3) is 0.121. The first-order valence-electron chi connectivity index (χ1n) is 13.0. The van der Waals surface area contributed by atoms with Crippen LogP contribution in [0, 0.1) is 17.4 Å². The molecule has 1 N–H and O–H groups in total. The number of aliphatic imine (C=N–C) groups is 1. The van der Waals surface area contributed by atoms with E-state index in [0.29, 0.717) is 21.6 Å². The van der Waals surface area contributed by atoms with Gasteiger partial charge < -0.3 is 14.6 Å². The molecule has 0 aromatic heterocycles. The maximum absolute atomic E-state index is 13.7. The zero-order valence-corrected chi connectivity index (χ0v) is 26.1. The standard InChI is InChI=1S/C33H27IN2O5S/c1-20-4-12-25(13-5-20)35-33-36(26-14-6-21(2)7-15-26)31(37)29(42-33)18-23-16-27(34)30(28(17-23)40-3)41-19-22-8-10-24(11-9-22)32(38)39/h4-18H,19H2,1-3H3,(H,38,39)/b29-18-,35-33?. The van der Waals surface area contributed by atoms with Crippen LogP contribution in [0.1, 0.15) is 32.6 Å². The smallest absolute Gasteiger partial charge is 0.335 e. The van der Waals surface area contributed by atoms with Crippen LogP contribution in [0.25, 0.3) is 6.08 Å². The van der Waals surface area contributed by atoms with Crippen LogP contribution >= 0.6 is 34.4 Å². The van der Waals surface area contributed by atoms with Crippen molar-refractivity contribution in [3.8, 4) is 11.5 Å². The van der Waals surface area contributed by atoms with Crippen molar-refractivity contribution >= 4 is 68.8 Å². The number of carbonyl (C=O) groups is 2. The Bertz CT molecular complexity index is 1700. The summed E-state index contributed by atoms with van der Waals surface area (Å²) in [5, 5.41) is 9.70. The molecular weight excluding hydrogens is 663 g/mol. The summed E-state index contributed by atoms with van der Waals surface area (Å²) in [6.45, 7) is 4.27. The number of amidine groups is 1. The van der Waals surface area contributed by atoms with Crippen molar-refractivity contribution in [3.05, 3.63) is 121 Å². The summed E-state index contributed by atoms with van der Waals surface area (Å²) >= 11 is 3.51. The molecule has 4 aromatic carbocycles. The highest BCUT2D eigenvalue weighted by Gasteiger charge is 2.35. The lowest BCUT2D eigenvalue weighted by molar-refractivity contribution is -0.113. The lowest BCUT2D eigenvalue weighted by Crippen LogP contribution is -2.28. The molecule has 9 heteroatoms. The fourth-order valence-corrected chi connectivity index (χ4v) is 6.00. The third-order valence-electron chi connectivity index (χ3n) is 6.49. The molecule has 0 spiro atoms. The normalized spacial score (nSPS) is 15.0. The summed E-state index contributed by atoms with van der Waals surface area (Å²) in [7, 11) is 1.57. The molecule has 0 saturated carbocycles. The fourth-order valence-electron chi connectivity index (χ4n) is 4.21. The van der Waals surface area contributed by atoms with Crippen molar-refractivity contribution in [1.29, 1.82) is 0 Å². The zero-order chi connectivity index (χ0) is 29.8. The third-order valence-corrected chi connectivity index (χ3v) is 8.26. The van der Waals surface area contributed by atoms with E-state index in [1.807, 2.05) is 80.6 Å². The molecule has 4 aromatic rings. The van der Waals surface area contributed by atoms with Crippen molar-refractivity contribution < 1.29 is 24.2 Å². The number of aromatic carboxylic acids is 1. The predicted octanol–water partition coefficient (Wildman–Crippen LogP) is 8.00. The van der Waals surface area contributed by atoms with Gasteiger partial charge in [-0.3, -0.25) is 9.69 Å². The average Bonchev–Trinajstić information content (AvgIpc) is 3.27. The van der Waals surface area contributed by atoms with Crippen LogP contribution in [0.5, 0.6) is 11.5 Å². The van der Waals surface area contributed by atoms with Gasteiger partial charge in [0, 0.05) is 0 Å². The summed E-state index contributed by atoms with van der Waals surface area (Å²) < 4.78 is 12.5. The average molecular weight is 691 g/mol. The van der Waals surface area contributed by atoms with E-state index in [1.54, 1.807) is 36.3 Å². The molecule has 7 nitrogen and oxygen atoms in total. The molecule has 1 amide bonds. The molecule has 0 aliphatic carbocycles. The molecule has 0 bridgehead atoms. The lowest BCUT2D eigenvalue weighted by Gasteiger charge is -2.16. The van der Waals surface area contributed by atoms with Crippen LogP contribution < -0.4 is 14.4 Å². The molecule has 0 unspecified atom stereocenters. The van der Waals surface area contributed by atoms with Gasteiger partial charge in [0.1, 0.15) is 6.61 Å². The highest BCUT2D eigenvalue weighted by atomic mass is 127. The number of aryl methyl sites for hydroxylation is 2. The molecule has 1 fully saturated rings. The number of hydrogen-bond acceptors (Lipinski definition) is 6. The largest absolute Gasteiger partial charge is 0.493 e. The van der Waals surface area contributed by atoms with Crippen molar-refractivity contribution in [2.75, 3.05) is 12.0 Å². The second-order valence-electron chi connectivity index (χ2n) is 9.64. The first kappa shape index (κ1) is 29.4. The highest BCUT2D eigenvalue weighted by Crippen LogP contribution is 2.40. The number of halogens is 1. The monoisotopic (exact) mass is 690 g/mol. The zero-order valence-electron chi connectivity index (χ0n) is 23.1. The number of amides is 1. The SMILES string of the molecule is COc1cc(/C=C2\SC(=Nc3ccc(C)cc3)N(c3ccc(C)cc3)C2=O)cc(I)c1OCc1ccc(C(=O)O)cc1. The van der Waals surface area contributed by atoms with Gasteiger partial charge in [-0.15, -0.1) is 0 Å². The van der Waals surface area contributed by atoms with Crippen LogP contribution in [-0.2, 0) is 11.4 Å². The van der Waals surface area contributed by atoms with E-state index < -0.39 is 5.97 Å². The minimum absolute atomic E-state index is 0.158. The number of methoxy groups -OCH3 is 1. The molecular formula is C33H27IN2O5S. The van der Waals surface area contributed by atoms with Crippen LogP contribution in [-0.4, -0.2) is 29.3 Å². The Morgan fingerprint density at radius 2 is 1.62 bits per heavy atom. The number of ether oxygens (including phenoxy) is 2. The van der Waals surface area contributed by atoms with E-state index in [9.17, 15) is 9.59 Å². The van der Waals surface area contributed by atoms with Gasteiger partial charge >= 0.3 is 5.97 Å². The third kappa shape index (κ3) is 6.69. The van der Waals surface area contributed by atoms with E-state index >= 15 is 0 Å². The van der Waals surface area contributed by atoms with Gasteiger partial charge in [0.25, 0.3) is 5.91 Å². The molecule has 0 radical (unpaired) electrons. The summed E-state index contributed by atoms with van der Waals surface area (Å²) in [5.74, 6) is -0.0437. The number of thioether (sulfide) groups is 1. The second kappa shape index (κ2) is 12.8. The Hall–Kier alpha value is -4.09. The summed E-state index contributed by atoms with van der Waals surface area (Å²) in [4.78, 5) is 31.9. The number of carbonyl (C=O) groups excluding carboxylic acids is 1. The van der Waals surface area contributed by atoms with Crippen LogP contribution in [0.2, 0.25) is 0 Å². The predicted molar refractivity (Wildman–Crippen MR) is 176 cm³/mol. The maximum Gasteiger partial charge on any atom is 0.335 e. The van der Waals surface area contributed by atoms with Crippen LogP contribution in [0.3, 0.4) is 0 Å². The lowest BCUT2D eigenvalue weighted by atomic mass is 10.1. The molecule has 0 atom stereocenters. The molecule has 1 aliphatic rings. The molecule has 5 rings (SSSR count). The first-order chi connectivity index (χ1) is 20.2. The second-order valence-corrected chi connectivity index (χ2v) is 11.8. The van der Waals surface area contributed by atoms with Crippen LogP contribution in [0.4, 0.5) is 11.4 Å². The van der Waals surface area contributed by atoms with E-state index in [1.165, 1.54) is 11.8 Å². The number of rotatable bonds is 8. The Labute approximate surface area is 262 Å². The summed E-state index contributed by atoms with van der Waals surface area (Å²) in [6, 6.07) is 26.0. The Kier molecular flexibility index (Phi) is 8.98. The number of anilines is 1. The van der Waals surface area contributed by atoms with Gasteiger partial charge in [0.05, 0.1) is 32.5 Å². The topological polar surface area (TPSA) is 88.4 Å². The van der Waals surface area contributed by atoms with Gasteiger partial charge in [0.15, 0.2) is 16.7 Å². The number of carboxylic acid groups (broad SMARTS) is 1. The van der Waals surface area contributed by atoms with Crippen molar-refractivity contribution in [3.63, 3.8) is 0 Å². The Morgan fingerprint density at radius 3 is 2.24 bits per heavy atom. The molecule has 212 valence electrons. The van der Waals surface area contributed by atoms with E-state index in [0.717, 1.165) is 37.2 Å². The van der Waals surface area contributed by atoms with E-state index in [4.69, 9.17) is 19.6 Å². The van der Waals surface area contributed by atoms with E-state index in [2.05, 4.69) is 22.6 Å². The van der Waals surface area contributed by atoms with Gasteiger partial charge in [-0.1, -0.05) is 47.5 Å². The minimum atomic E-state index is -0.974. The van der Waals surface area contributed by atoms with Gasteiger partial charge in [0.2, 0.25) is 0 Å². The highest BCUT2D eigenvalue weighted by molar-refractivity contribution is 14.1. The quantitative estimate of drug-likeness (QED) is 0.149. The first-order valence-corrected chi connectivity index (χ1v) is 14.9. The number of hydrogen-bond donors (Lipinski definition) is 1. The number of benzene rings is 4. The van der Waals surface area contributed by atoms with Gasteiger partial charge in [-0.05, 0) is 114 Å². The number of carboxylic acids is 1. The summed E-state index contributed by atoms with van der Waals surface area (Å²) in [6.07, 6.45) is 1.84. The number of nitrogens with zero attached hydrogens (tertiary/aromatic N) is 2. The molecule has 42 heavy (non-hydrogen) atoms. The Balaban J connectivity index is 1.44. The molecule has 1 aliphatic heterocycles.